The van der Waals surface area contributed by atoms with Gasteiger partial charge in [0.2, 0.25) is 0 Å². The number of carboxylic acids is 1. The van der Waals surface area contributed by atoms with Crippen LogP contribution >= 0.6 is 0 Å². The number of aliphatic hydroxyl groups excluding tert-OH is 1. The third-order valence-corrected chi connectivity index (χ3v) is 3.10. The van der Waals surface area contributed by atoms with Gasteiger partial charge in [0.05, 0.1) is 16.6 Å². The fraction of sp³-hybridized carbons (Fsp3) is 0.385. The van der Waals surface area contributed by atoms with Gasteiger partial charge in [-0.15, -0.1) is 0 Å². The van der Waals surface area contributed by atoms with Gasteiger partial charge in [-0.2, -0.15) is 0 Å². The zero-order valence-electron chi connectivity index (χ0n) is 10.4. The maximum absolute atomic E-state index is 11.0. The van der Waals surface area contributed by atoms with Crippen molar-refractivity contribution in [2.24, 2.45) is 0 Å². The molecule has 0 amide bonds. The van der Waals surface area contributed by atoms with Gasteiger partial charge in [-0.3, -0.25) is 0 Å². The Balaban J connectivity index is 2.60. The number of benzene rings is 1. The largest absolute Gasteiger partial charge is 0.478 e. The molecule has 0 aliphatic rings. The highest BCUT2D eigenvalue weighted by atomic mass is 16.4. The Bertz CT molecular complexity index is 589. The van der Waals surface area contributed by atoms with E-state index in [9.17, 15) is 4.79 Å². The summed E-state index contributed by atoms with van der Waals surface area (Å²) in [6.45, 7) is 3.96. The molecule has 1 atom stereocenters. The molecule has 0 saturated heterocycles. The van der Waals surface area contributed by atoms with E-state index in [1.807, 2.05) is 18.4 Å². The second kappa shape index (κ2) is 4.78. The van der Waals surface area contributed by atoms with Gasteiger partial charge in [0.15, 0.2) is 0 Å². The van der Waals surface area contributed by atoms with Gasteiger partial charge >= 0.3 is 5.97 Å². The summed E-state index contributed by atoms with van der Waals surface area (Å²) in [6, 6.07) is 4.99. The fourth-order valence-electron chi connectivity index (χ4n) is 2.22. The van der Waals surface area contributed by atoms with Crippen LogP contribution in [0.4, 0.5) is 0 Å². The number of aryl methyl sites for hydroxylation is 1. The molecule has 2 N–H and O–H groups in total. The number of carboxylic acid groups (broad SMARTS) is 1. The van der Waals surface area contributed by atoms with Crippen LogP contribution in [-0.4, -0.2) is 32.3 Å². The highest BCUT2D eigenvalue weighted by molar-refractivity contribution is 5.92. The number of aliphatic hydroxyl groups is 1. The molecule has 0 aliphatic carbocycles. The molecule has 0 radical (unpaired) electrons. The zero-order valence-corrected chi connectivity index (χ0v) is 10.4. The van der Waals surface area contributed by atoms with Crippen molar-refractivity contribution < 1.29 is 15.0 Å². The number of carbonyl (C=O) groups is 1. The lowest BCUT2D eigenvalue weighted by molar-refractivity contribution is 0.0697. The average Bonchev–Trinajstić information content (AvgIpc) is 2.63. The molecule has 2 aromatic rings. The van der Waals surface area contributed by atoms with Crippen LogP contribution in [0.2, 0.25) is 0 Å². The zero-order chi connectivity index (χ0) is 13.3. The summed E-state index contributed by atoms with van der Waals surface area (Å²) >= 11 is 0. The first kappa shape index (κ1) is 12.6. The van der Waals surface area contributed by atoms with Gasteiger partial charge in [0.25, 0.3) is 0 Å². The minimum absolute atomic E-state index is 0.0871. The molecule has 2 rings (SSSR count). The van der Waals surface area contributed by atoms with Crippen LogP contribution < -0.4 is 0 Å². The Labute approximate surface area is 105 Å². The molecule has 0 saturated carbocycles. The van der Waals surface area contributed by atoms with Gasteiger partial charge in [0, 0.05) is 12.6 Å². The van der Waals surface area contributed by atoms with E-state index < -0.39 is 5.97 Å². The number of aromatic carboxylic acids is 1. The first-order valence-corrected chi connectivity index (χ1v) is 5.87. The van der Waals surface area contributed by atoms with Crippen molar-refractivity contribution in [1.29, 1.82) is 0 Å². The maximum atomic E-state index is 11.0. The molecule has 1 aromatic carbocycles. The lowest BCUT2D eigenvalue weighted by atomic mass is 10.2. The Morgan fingerprint density at radius 1 is 1.50 bits per heavy atom. The Kier molecular flexibility index (Phi) is 3.34. The Hall–Kier alpha value is -1.88. The summed E-state index contributed by atoms with van der Waals surface area (Å²) < 4.78 is 1.97. The van der Waals surface area contributed by atoms with E-state index in [2.05, 4.69) is 4.98 Å². The van der Waals surface area contributed by atoms with Crippen molar-refractivity contribution in [3.05, 3.63) is 29.6 Å². The van der Waals surface area contributed by atoms with Crippen molar-refractivity contribution in [3.8, 4) is 0 Å². The van der Waals surface area contributed by atoms with Crippen LogP contribution in [0.1, 0.15) is 35.6 Å². The predicted octanol–water partition coefficient (Wildman–Crippen LogP) is 1.99. The summed E-state index contributed by atoms with van der Waals surface area (Å²) in [7, 11) is 0. The smallest absolute Gasteiger partial charge is 0.335 e. The number of rotatable bonds is 4. The van der Waals surface area contributed by atoms with E-state index in [1.54, 1.807) is 18.2 Å². The van der Waals surface area contributed by atoms with E-state index in [0.29, 0.717) is 6.42 Å². The van der Waals surface area contributed by atoms with Gasteiger partial charge in [-0.25, -0.2) is 9.78 Å². The molecule has 18 heavy (non-hydrogen) atoms. The number of imidazole rings is 1. The molecule has 0 aliphatic heterocycles. The minimum atomic E-state index is -0.947. The Morgan fingerprint density at radius 2 is 2.22 bits per heavy atom. The third-order valence-electron chi connectivity index (χ3n) is 3.10. The first-order valence-electron chi connectivity index (χ1n) is 5.87. The topological polar surface area (TPSA) is 75.3 Å². The van der Waals surface area contributed by atoms with E-state index in [4.69, 9.17) is 10.2 Å². The summed E-state index contributed by atoms with van der Waals surface area (Å²) in [4.78, 5) is 15.4. The van der Waals surface area contributed by atoms with Crippen LogP contribution in [0.3, 0.4) is 0 Å². The normalized spacial score (nSPS) is 12.8. The molecule has 0 fully saturated rings. The number of nitrogens with zero attached hydrogens (tertiary/aromatic N) is 2. The second-order valence-electron chi connectivity index (χ2n) is 4.40. The average molecular weight is 248 g/mol. The van der Waals surface area contributed by atoms with Gasteiger partial charge < -0.3 is 14.8 Å². The van der Waals surface area contributed by atoms with Crippen LogP contribution in [0.25, 0.3) is 11.0 Å². The summed E-state index contributed by atoms with van der Waals surface area (Å²) in [5, 5.41) is 18.0. The third kappa shape index (κ3) is 2.09. The monoisotopic (exact) mass is 248 g/mol. The van der Waals surface area contributed by atoms with Crippen LogP contribution in [0.5, 0.6) is 0 Å². The van der Waals surface area contributed by atoms with E-state index >= 15 is 0 Å². The predicted molar refractivity (Wildman–Crippen MR) is 67.8 cm³/mol. The quantitative estimate of drug-likeness (QED) is 0.867. The number of hydrogen-bond donors (Lipinski definition) is 2. The summed E-state index contributed by atoms with van der Waals surface area (Å²) in [6.07, 6.45) is 0.615. The van der Waals surface area contributed by atoms with Crippen molar-refractivity contribution in [1.82, 2.24) is 9.55 Å². The highest BCUT2D eigenvalue weighted by Crippen LogP contribution is 2.23. The van der Waals surface area contributed by atoms with Gasteiger partial charge in [-0.05, 0) is 38.5 Å². The van der Waals surface area contributed by atoms with Crippen LogP contribution in [-0.2, 0) is 0 Å². The molecular weight excluding hydrogens is 232 g/mol. The van der Waals surface area contributed by atoms with Crippen molar-refractivity contribution >= 4 is 17.0 Å². The van der Waals surface area contributed by atoms with Crippen molar-refractivity contribution in [2.75, 3.05) is 6.61 Å². The molecule has 96 valence electrons. The van der Waals surface area contributed by atoms with Crippen LogP contribution in [0, 0.1) is 6.92 Å². The number of aromatic nitrogens is 2. The first-order chi connectivity index (χ1) is 8.54. The lowest BCUT2D eigenvalue weighted by Gasteiger charge is -2.15. The molecular formula is C13H16N2O3. The fourth-order valence-corrected chi connectivity index (χ4v) is 2.22. The van der Waals surface area contributed by atoms with Gasteiger partial charge in [-0.1, -0.05) is 0 Å². The van der Waals surface area contributed by atoms with Gasteiger partial charge in [0.1, 0.15) is 5.82 Å². The molecule has 1 unspecified atom stereocenters. The van der Waals surface area contributed by atoms with Crippen molar-refractivity contribution in [3.63, 3.8) is 0 Å². The highest BCUT2D eigenvalue weighted by Gasteiger charge is 2.14. The minimum Gasteiger partial charge on any atom is -0.478 e. The molecule has 1 aromatic heterocycles. The van der Waals surface area contributed by atoms with E-state index in [1.165, 1.54) is 0 Å². The van der Waals surface area contributed by atoms with E-state index in [-0.39, 0.29) is 18.2 Å². The lowest BCUT2D eigenvalue weighted by Crippen LogP contribution is -2.09. The Morgan fingerprint density at radius 3 is 2.83 bits per heavy atom. The summed E-state index contributed by atoms with van der Waals surface area (Å²) in [5.41, 5.74) is 1.83. The number of fused-ring (bicyclic) bond motifs is 1. The molecule has 0 bridgehead atoms. The second-order valence-corrected chi connectivity index (χ2v) is 4.40. The molecule has 5 nitrogen and oxygen atoms in total. The molecule has 1 heterocycles. The SMILES string of the molecule is Cc1nc2ccc(C(=O)O)cc2n1C(C)CCO. The standard InChI is InChI=1S/C13H16N2O3/c1-8(5-6-16)15-9(2)14-11-4-3-10(13(17)18)7-12(11)15/h3-4,7-8,16H,5-6H2,1-2H3,(H,17,18). The van der Waals surface area contributed by atoms with Crippen LogP contribution in [0.15, 0.2) is 18.2 Å². The summed E-state index contributed by atoms with van der Waals surface area (Å²) in [5.74, 6) is -0.120. The maximum Gasteiger partial charge on any atom is 0.335 e. The molecule has 0 spiro atoms. The van der Waals surface area contributed by atoms with Crippen molar-refractivity contribution in [2.45, 2.75) is 26.3 Å². The number of hydrogen-bond acceptors (Lipinski definition) is 3. The van der Waals surface area contributed by atoms with E-state index in [0.717, 1.165) is 16.9 Å². The molecule has 5 heteroatoms.